The molecule has 0 aromatic carbocycles. The van der Waals surface area contributed by atoms with Gasteiger partial charge in [-0.3, -0.25) is 9.78 Å². The Balaban J connectivity index is 2.58. The van der Waals surface area contributed by atoms with E-state index in [0.717, 1.165) is 4.68 Å². The molecule has 6 heteroatoms. The molecule has 1 rings (SSSR count). The average molecular weight is 170 g/mol. The number of likely N-dealkylation sites (N-methyl/N-ethyl adjacent to an activating group) is 1. The maximum absolute atomic E-state index is 10.9. The van der Waals surface area contributed by atoms with Gasteiger partial charge in [0.2, 0.25) is 5.91 Å². The summed E-state index contributed by atoms with van der Waals surface area (Å²) in [6.07, 6.45) is 1.25. The monoisotopic (exact) mass is 170 g/mol. The molecule has 66 valence electrons. The van der Waals surface area contributed by atoms with Gasteiger partial charge in [0.25, 0.3) is 0 Å². The minimum Gasteiger partial charge on any atom is -0.355 e. The number of nitrogens with zero attached hydrogens (tertiary/aromatic N) is 2. The first-order valence-electron chi connectivity index (χ1n) is 3.61. The van der Waals surface area contributed by atoms with E-state index in [-0.39, 0.29) is 18.1 Å². The van der Waals surface area contributed by atoms with Crippen LogP contribution < -0.4 is 11.0 Å². The van der Waals surface area contributed by atoms with E-state index >= 15 is 0 Å². The first-order valence-corrected chi connectivity index (χ1v) is 3.61. The Hall–Kier alpha value is -1.59. The van der Waals surface area contributed by atoms with Gasteiger partial charge in [0, 0.05) is 6.54 Å². The first kappa shape index (κ1) is 8.51. The number of H-pyrrole nitrogens is 1. The van der Waals surface area contributed by atoms with Crippen molar-refractivity contribution in [2.24, 2.45) is 0 Å². The zero-order valence-electron chi connectivity index (χ0n) is 6.70. The summed E-state index contributed by atoms with van der Waals surface area (Å²) in [7, 11) is 0. The van der Waals surface area contributed by atoms with E-state index in [2.05, 4.69) is 15.4 Å². The molecular formula is C6H10N4O2. The molecule has 1 heterocycles. The van der Waals surface area contributed by atoms with Crippen LogP contribution in [0.1, 0.15) is 6.92 Å². The normalized spacial score (nSPS) is 9.75. The maximum atomic E-state index is 10.9. The summed E-state index contributed by atoms with van der Waals surface area (Å²) < 4.78 is 1.06. The predicted molar refractivity (Wildman–Crippen MR) is 41.5 cm³/mol. The zero-order chi connectivity index (χ0) is 8.97. The summed E-state index contributed by atoms with van der Waals surface area (Å²) in [5, 5.41) is 6.18. The minimum absolute atomic E-state index is 0.0316. The lowest BCUT2D eigenvalue weighted by Gasteiger charge is -1.99. The summed E-state index contributed by atoms with van der Waals surface area (Å²) in [6.45, 7) is 2.33. The van der Waals surface area contributed by atoms with Crippen molar-refractivity contribution in [3.8, 4) is 0 Å². The molecule has 1 aromatic rings. The third-order valence-electron chi connectivity index (χ3n) is 1.29. The second-order valence-corrected chi connectivity index (χ2v) is 2.21. The van der Waals surface area contributed by atoms with Crippen LogP contribution in [0.25, 0.3) is 0 Å². The molecule has 0 fully saturated rings. The number of amides is 1. The van der Waals surface area contributed by atoms with Gasteiger partial charge in [-0.1, -0.05) is 0 Å². The lowest BCUT2D eigenvalue weighted by Crippen LogP contribution is -2.31. The first-order chi connectivity index (χ1) is 5.74. The van der Waals surface area contributed by atoms with Crippen LogP contribution in [-0.2, 0) is 11.3 Å². The number of hydrogen-bond donors (Lipinski definition) is 2. The number of nitrogens with one attached hydrogen (secondary N) is 2. The number of rotatable bonds is 3. The lowest BCUT2D eigenvalue weighted by atomic mass is 10.5. The van der Waals surface area contributed by atoms with Crippen LogP contribution in [0.3, 0.4) is 0 Å². The zero-order valence-corrected chi connectivity index (χ0v) is 6.70. The summed E-state index contributed by atoms with van der Waals surface area (Å²) in [5.74, 6) is -0.216. The molecule has 12 heavy (non-hydrogen) atoms. The SMILES string of the molecule is CCNC(=O)Cn1nc[nH]c1=O. The number of aromatic nitrogens is 3. The maximum Gasteiger partial charge on any atom is 0.343 e. The van der Waals surface area contributed by atoms with Crippen LogP contribution >= 0.6 is 0 Å². The quantitative estimate of drug-likeness (QED) is 0.592. The topological polar surface area (TPSA) is 79.8 Å². The highest BCUT2D eigenvalue weighted by atomic mass is 16.2. The van der Waals surface area contributed by atoms with Gasteiger partial charge in [0.15, 0.2) is 0 Å². The number of carbonyl (C=O) groups excluding carboxylic acids is 1. The Bertz CT molecular complexity index is 313. The van der Waals surface area contributed by atoms with Crippen molar-refractivity contribution in [1.29, 1.82) is 0 Å². The molecule has 0 aliphatic heterocycles. The second kappa shape index (κ2) is 3.70. The van der Waals surface area contributed by atoms with Crippen molar-refractivity contribution in [3.05, 3.63) is 16.8 Å². The molecule has 2 N–H and O–H groups in total. The van der Waals surface area contributed by atoms with Crippen molar-refractivity contribution < 1.29 is 4.79 Å². The van der Waals surface area contributed by atoms with Crippen LogP contribution in [0.4, 0.5) is 0 Å². The highest BCUT2D eigenvalue weighted by molar-refractivity contribution is 5.75. The average Bonchev–Trinajstić information content (AvgIpc) is 2.37. The molecule has 0 unspecified atom stereocenters. The molecule has 1 amide bonds. The third-order valence-corrected chi connectivity index (χ3v) is 1.29. The fourth-order valence-corrected chi connectivity index (χ4v) is 0.782. The van der Waals surface area contributed by atoms with Gasteiger partial charge in [0.1, 0.15) is 12.9 Å². The number of carbonyl (C=O) groups is 1. The summed E-state index contributed by atoms with van der Waals surface area (Å²) in [6, 6.07) is 0. The lowest BCUT2D eigenvalue weighted by molar-refractivity contribution is -0.121. The van der Waals surface area contributed by atoms with E-state index in [1.54, 1.807) is 0 Å². The molecule has 6 nitrogen and oxygen atoms in total. The molecule has 0 aliphatic carbocycles. The van der Waals surface area contributed by atoms with Crippen LogP contribution in [0, 0.1) is 0 Å². The van der Waals surface area contributed by atoms with Crippen LogP contribution in [0.5, 0.6) is 0 Å². The number of aromatic amines is 1. The number of hydrogen-bond acceptors (Lipinski definition) is 3. The van der Waals surface area contributed by atoms with E-state index in [4.69, 9.17) is 0 Å². The van der Waals surface area contributed by atoms with Crippen molar-refractivity contribution in [3.63, 3.8) is 0 Å². The van der Waals surface area contributed by atoms with Crippen LogP contribution in [-0.4, -0.2) is 27.2 Å². The Kier molecular flexibility index (Phi) is 2.62. The van der Waals surface area contributed by atoms with Gasteiger partial charge in [0.05, 0.1) is 0 Å². The van der Waals surface area contributed by atoms with E-state index in [0.29, 0.717) is 6.54 Å². The summed E-state index contributed by atoms with van der Waals surface area (Å²) in [5.41, 5.74) is -0.374. The van der Waals surface area contributed by atoms with Gasteiger partial charge < -0.3 is 5.32 Å². The fourth-order valence-electron chi connectivity index (χ4n) is 0.782. The molecule has 0 saturated heterocycles. The van der Waals surface area contributed by atoms with Gasteiger partial charge in [-0.2, -0.15) is 5.10 Å². The van der Waals surface area contributed by atoms with E-state index in [9.17, 15) is 9.59 Å². The largest absolute Gasteiger partial charge is 0.355 e. The van der Waals surface area contributed by atoms with Crippen LogP contribution in [0.2, 0.25) is 0 Å². The standard InChI is InChI=1S/C6H10N4O2/c1-2-7-5(11)3-10-6(12)8-4-9-10/h4H,2-3H2,1H3,(H,7,11)(H,8,9,12). The van der Waals surface area contributed by atoms with Crippen molar-refractivity contribution in [2.45, 2.75) is 13.5 Å². The summed E-state index contributed by atoms with van der Waals surface area (Å²) in [4.78, 5) is 24.1. The Labute approximate surface area is 68.6 Å². The van der Waals surface area contributed by atoms with Crippen LogP contribution in [0.15, 0.2) is 11.1 Å². The Morgan fingerprint density at radius 1 is 1.83 bits per heavy atom. The molecule has 0 bridgehead atoms. The molecule has 0 spiro atoms. The van der Waals surface area contributed by atoms with E-state index < -0.39 is 0 Å². The van der Waals surface area contributed by atoms with Gasteiger partial charge in [-0.05, 0) is 6.92 Å². The predicted octanol–water partition coefficient (Wildman–Crippen LogP) is -1.29. The summed E-state index contributed by atoms with van der Waals surface area (Å²) >= 11 is 0. The van der Waals surface area contributed by atoms with E-state index in [1.807, 2.05) is 6.92 Å². The highest BCUT2D eigenvalue weighted by Crippen LogP contribution is 1.73. The molecule has 0 saturated carbocycles. The molecule has 0 radical (unpaired) electrons. The minimum atomic E-state index is -0.374. The van der Waals surface area contributed by atoms with Crippen molar-refractivity contribution in [2.75, 3.05) is 6.54 Å². The smallest absolute Gasteiger partial charge is 0.343 e. The molecular weight excluding hydrogens is 160 g/mol. The van der Waals surface area contributed by atoms with Gasteiger partial charge in [-0.25, -0.2) is 9.48 Å². The van der Waals surface area contributed by atoms with E-state index in [1.165, 1.54) is 6.33 Å². The third kappa shape index (κ3) is 1.94. The van der Waals surface area contributed by atoms with Crippen molar-refractivity contribution in [1.82, 2.24) is 20.1 Å². The highest BCUT2D eigenvalue weighted by Gasteiger charge is 2.03. The second-order valence-electron chi connectivity index (χ2n) is 2.21. The molecule has 1 aromatic heterocycles. The van der Waals surface area contributed by atoms with Crippen molar-refractivity contribution >= 4 is 5.91 Å². The fraction of sp³-hybridized carbons (Fsp3) is 0.500. The van der Waals surface area contributed by atoms with Gasteiger partial charge >= 0.3 is 5.69 Å². The Morgan fingerprint density at radius 3 is 3.08 bits per heavy atom. The molecule has 0 atom stereocenters. The van der Waals surface area contributed by atoms with Gasteiger partial charge in [-0.15, -0.1) is 0 Å². The Morgan fingerprint density at radius 2 is 2.58 bits per heavy atom. The molecule has 0 aliphatic rings.